The fourth-order valence-corrected chi connectivity index (χ4v) is 3.26. The Kier molecular flexibility index (Phi) is 7.81. The second kappa shape index (κ2) is 10.1. The van der Waals surface area contributed by atoms with Gasteiger partial charge < -0.3 is 4.57 Å². The molecule has 0 aliphatic heterocycles. The zero-order valence-electron chi connectivity index (χ0n) is 15.3. The minimum atomic E-state index is 0.117. The third kappa shape index (κ3) is 5.09. The Hall–Kier alpha value is -1.83. The van der Waals surface area contributed by atoms with Gasteiger partial charge in [0.2, 0.25) is 0 Å². The van der Waals surface area contributed by atoms with E-state index in [2.05, 4.69) is 30.6 Å². The van der Waals surface area contributed by atoms with E-state index < -0.39 is 0 Å². The molecule has 0 amide bonds. The summed E-state index contributed by atoms with van der Waals surface area (Å²) in [6.45, 7) is 5.26. The number of pyridine rings is 1. The van der Waals surface area contributed by atoms with E-state index in [1.807, 2.05) is 24.3 Å². The largest absolute Gasteiger partial charge is 0.341 e. The highest BCUT2D eigenvalue weighted by molar-refractivity contribution is 5.80. The first-order valence-electron chi connectivity index (χ1n) is 9.57. The minimum Gasteiger partial charge on any atom is -0.341 e. The molecular formula is C22H31NO. The van der Waals surface area contributed by atoms with Crippen molar-refractivity contribution in [2.45, 2.75) is 71.8 Å². The summed E-state index contributed by atoms with van der Waals surface area (Å²) in [4.78, 5) is 12.3. The number of benzene rings is 1. The van der Waals surface area contributed by atoms with Crippen LogP contribution in [0.1, 0.15) is 70.9 Å². The third-order valence-corrected chi connectivity index (χ3v) is 4.63. The van der Waals surface area contributed by atoms with Crippen molar-refractivity contribution in [3.8, 4) is 0 Å². The average Bonchev–Trinajstić information content (AvgIpc) is 2.60. The van der Waals surface area contributed by atoms with Crippen LogP contribution in [0, 0.1) is 0 Å². The number of allylic oxidation sites excluding steroid dienone is 1. The summed E-state index contributed by atoms with van der Waals surface area (Å²) >= 11 is 0. The van der Waals surface area contributed by atoms with Gasteiger partial charge >= 0.3 is 0 Å². The first kappa shape index (κ1) is 18.5. The van der Waals surface area contributed by atoms with Crippen LogP contribution in [-0.2, 0) is 6.54 Å². The van der Waals surface area contributed by atoms with Crippen LogP contribution in [0.4, 0.5) is 0 Å². The Labute approximate surface area is 146 Å². The molecule has 1 aromatic carbocycles. The maximum Gasteiger partial charge on any atom is 0.190 e. The Morgan fingerprint density at radius 3 is 2.42 bits per heavy atom. The topological polar surface area (TPSA) is 22.0 Å². The van der Waals surface area contributed by atoms with E-state index in [0.29, 0.717) is 0 Å². The number of nitrogens with zero attached hydrogens (tertiary/aromatic N) is 1. The normalized spacial score (nSPS) is 11.6. The molecule has 0 unspecified atom stereocenters. The standard InChI is InChI=1S/C22H31NO/c1-3-5-6-7-8-9-10-11-12-15-19-18-22(24)20-16-13-14-17-21(20)23(19)4-2/h12-18H,3-11H2,1-2H3/b15-12+. The van der Waals surface area contributed by atoms with E-state index in [-0.39, 0.29) is 5.43 Å². The van der Waals surface area contributed by atoms with Gasteiger partial charge in [0, 0.05) is 23.7 Å². The van der Waals surface area contributed by atoms with Gasteiger partial charge in [-0.05, 0) is 38.0 Å². The number of hydrogen-bond acceptors (Lipinski definition) is 1. The van der Waals surface area contributed by atoms with Crippen LogP contribution in [0.5, 0.6) is 0 Å². The van der Waals surface area contributed by atoms with Crippen molar-refractivity contribution >= 4 is 17.0 Å². The fraction of sp³-hybridized carbons (Fsp3) is 0.500. The molecule has 0 N–H and O–H groups in total. The first-order chi connectivity index (χ1) is 11.8. The van der Waals surface area contributed by atoms with Crippen molar-refractivity contribution in [1.82, 2.24) is 4.57 Å². The molecule has 24 heavy (non-hydrogen) atoms. The van der Waals surface area contributed by atoms with Crippen molar-refractivity contribution in [3.05, 3.63) is 52.3 Å². The monoisotopic (exact) mass is 325 g/mol. The third-order valence-electron chi connectivity index (χ3n) is 4.63. The number of hydrogen-bond donors (Lipinski definition) is 0. The maximum atomic E-state index is 12.3. The predicted octanol–water partition coefficient (Wildman–Crippen LogP) is 6.18. The molecule has 0 saturated carbocycles. The van der Waals surface area contributed by atoms with E-state index >= 15 is 0 Å². The summed E-state index contributed by atoms with van der Waals surface area (Å²) in [5.74, 6) is 0. The van der Waals surface area contributed by atoms with Gasteiger partial charge in [0.25, 0.3) is 0 Å². The lowest BCUT2D eigenvalue weighted by molar-refractivity contribution is 0.592. The van der Waals surface area contributed by atoms with Crippen molar-refractivity contribution in [1.29, 1.82) is 0 Å². The molecule has 1 aromatic heterocycles. The molecule has 0 saturated heterocycles. The number of aryl methyl sites for hydroxylation is 1. The van der Waals surface area contributed by atoms with E-state index in [9.17, 15) is 4.79 Å². The molecule has 0 aliphatic rings. The molecule has 1 heterocycles. The van der Waals surface area contributed by atoms with Crippen LogP contribution in [-0.4, -0.2) is 4.57 Å². The number of fused-ring (bicyclic) bond motifs is 1. The van der Waals surface area contributed by atoms with Crippen molar-refractivity contribution in [2.75, 3.05) is 0 Å². The highest BCUT2D eigenvalue weighted by Gasteiger charge is 2.05. The minimum absolute atomic E-state index is 0.117. The molecular weight excluding hydrogens is 294 g/mol. The Bertz CT molecular complexity index is 711. The lowest BCUT2D eigenvalue weighted by Gasteiger charge is -2.12. The Morgan fingerprint density at radius 1 is 0.958 bits per heavy atom. The SMILES string of the molecule is CCCCCCCCC/C=C/c1cc(=O)c2ccccc2n1CC. The second-order valence-electron chi connectivity index (χ2n) is 6.51. The molecule has 2 aromatic rings. The molecule has 0 radical (unpaired) electrons. The van der Waals surface area contributed by atoms with Gasteiger partial charge in [-0.2, -0.15) is 0 Å². The highest BCUT2D eigenvalue weighted by Crippen LogP contribution is 2.15. The Morgan fingerprint density at radius 2 is 1.67 bits per heavy atom. The van der Waals surface area contributed by atoms with Gasteiger partial charge in [0.1, 0.15) is 0 Å². The highest BCUT2D eigenvalue weighted by atomic mass is 16.1. The number of rotatable bonds is 10. The Balaban J connectivity index is 1.94. The van der Waals surface area contributed by atoms with Gasteiger partial charge in [0.15, 0.2) is 5.43 Å². The van der Waals surface area contributed by atoms with Gasteiger partial charge in [-0.1, -0.05) is 63.7 Å². The predicted molar refractivity (Wildman–Crippen MR) is 106 cm³/mol. The molecule has 0 atom stereocenters. The summed E-state index contributed by atoms with van der Waals surface area (Å²) in [5, 5.41) is 0.809. The van der Waals surface area contributed by atoms with E-state index in [1.54, 1.807) is 6.07 Å². The lowest BCUT2D eigenvalue weighted by atomic mass is 10.1. The molecule has 2 nitrogen and oxygen atoms in total. The zero-order chi connectivity index (χ0) is 17.2. The quantitative estimate of drug-likeness (QED) is 0.478. The van der Waals surface area contributed by atoms with Gasteiger partial charge in [-0.15, -0.1) is 0 Å². The van der Waals surface area contributed by atoms with Crippen molar-refractivity contribution in [2.24, 2.45) is 0 Å². The van der Waals surface area contributed by atoms with Crippen LogP contribution in [0.15, 0.2) is 41.2 Å². The molecule has 130 valence electrons. The van der Waals surface area contributed by atoms with Crippen molar-refractivity contribution in [3.63, 3.8) is 0 Å². The molecule has 2 heteroatoms. The smallest absolute Gasteiger partial charge is 0.190 e. The van der Waals surface area contributed by atoms with Crippen LogP contribution in [0.25, 0.3) is 17.0 Å². The van der Waals surface area contributed by atoms with Crippen LogP contribution >= 0.6 is 0 Å². The fourth-order valence-electron chi connectivity index (χ4n) is 3.26. The van der Waals surface area contributed by atoms with Crippen LogP contribution in [0.2, 0.25) is 0 Å². The summed E-state index contributed by atoms with van der Waals surface area (Å²) in [6, 6.07) is 9.65. The molecule has 2 rings (SSSR count). The van der Waals surface area contributed by atoms with E-state index in [1.165, 1.54) is 44.9 Å². The first-order valence-corrected chi connectivity index (χ1v) is 9.57. The number of aromatic nitrogens is 1. The van der Waals surface area contributed by atoms with Crippen molar-refractivity contribution < 1.29 is 0 Å². The molecule has 0 aliphatic carbocycles. The summed E-state index contributed by atoms with van der Waals surface area (Å²) in [7, 11) is 0. The van der Waals surface area contributed by atoms with E-state index in [0.717, 1.165) is 29.6 Å². The summed E-state index contributed by atoms with van der Waals surface area (Å²) in [6.07, 6.45) is 14.8. The van der Waals surface area contributed by atoms with E-state index in [4.69, 9.17) is 0 Å². The second-order valence-corrected chi connectivity index (χ2v) is 6.51. The lowest BCUT2D eigenvalue weighted by Crippen LogP contribution is -2.11. The number of para-hydroxylation sites is 1. The van der Waals surface area contributed by atoms with Crippen LogP contribution < -0.4 is 5.43 Å². The molecule has 0 spiro atoms. The summed E-state index contributed by atoms with van der Waals surface area (Å²) < 4.78 is 2.22. The molecule has 0 fully saturated rings. The van der Waals surface area contributed by atoms with Gasteiger partial charge in [0.05, 0.1) is 5.52 Å². The van der Waals surface area contributed by atoms with Gasteiger partial charge in [-0.25, -0.2) is 0 Å². The van der Waals surface area contributed by atoms with Gasteiger partial charge in [-0.3, -0.25) is 4.79 Å². The summed E-state index contributed by atoms with van der Waals surface area (Å²) in [5.41, 5.74) is 2.16. The molecule has 0 bridgehead atoms. The number of unbranched alkanes of at least 4 members (excludes halogenated alkanes) is 7. The maximum absolute atomic E-state index is 12.3. The zero-order valence-corrected chi connectivity index (χ0v) is 15.3. The average molecular weight is 325 g/mol. The van der Waals surface area contributed by atoms with Crippen LogP contribution in [0.3, 0.4) is 0 Å².